The van der Waals surface area contributed by atoms with Crippen LogP contribution in [0.5, 0.6) is 0 Å². The molecule has 18 heavy (non-hydrogen) atoms. The lowest BCUT2D eigenvalue weighted by Gasteiger charge is -2.17. The number of Topliss-reactive ketones (excluding diaryl/α,β-unsaturated/α-hetero) is 1. The molecule has 1 aromatic rings. The molecule has 3 heteroatoms. The number of benzene rings is 1. The van der Waals surface area contributed by atoms with E-state index in [0.717, 1.165) is 5.56 Å². The fraction of sp³-hybridized carbons (Fsp3) is 0.200. The minimum Gasteiger partial charge on any atom is -0.512 e. The summed E-state index contributed by atoms with van der Waals surface area (Å²) in [4.78, 5) is 14.8. The Kier molecular flexibility index (Phi) is 3.29. The second-order valence-corrected chi connectivity index (χ2v) is 4.27. The van der Waals surface area contributed by atoms with E-state index in [1.807, 2.05) is 30.3 Å². The van der Waals surface area contributed by atoms with Crippen LogP contribution in [0.1, 0.15) is 18.9 Å². The molecule has 0 spiro atoms. The first kappa shape index (κ1) is 12.1. The zero-order valence-electron chi connectivity index (χ0n) is 10.1. The summed E-state index contributed by atoms with van der Waals surface area (Å²) >= 11 is 0. The van der Waals surface area contributed by atoms with Crippen LogP contribution in [0.3, 0.4) is 0 Å². The third-order valence-electron chi connectivity index (χ3n) is 3.08. The Balaban J connectivity index is 2.39. The summed E-state index contributed by atoms with van der Waals surface area (Å²) in [5, 5.41) is 9.91. The van der Waals surface area contributed by atoms with E-state index in [1.54, 1.807) is 6.92 Å². The third-order valence-corrected chi connectivity index (χ3v) is 3.08. The van der Waals surface area contributed by atoms with Crippen LogP contribution in [0.15, 0.2) is 52.9 Å². The number of hydrogen-bond donors (Lipinski definition) is 1. The first-order valence-electron chi connectivity index (χ1n) is 5.70. The number of aliphatic hydroxyl groups excluding tert-OH is 1. The van der Waals surface area contributed by atoms with Crippen LogP contribution in [0.4, 0.5) is 0 Å². The maximum Gasteiger partial charge on any atom is 0.232 e. The molecular weight excluding hydrogens is 226 g/mol. The van der Waals surface area contributed by atoms with Gasteiger partial charge in [-0.25, -0.2) is 4.85 Å². The average molecular weight is 239 g/mol. The van der Waals surface area contributed by atoms with Crippen LogP contribution >= 0.6 is 0 Å². The van der Waals surface area contributed by atoms with Crippen LogP contribution < -0.4 is 0 Å². The van der Waals surface area contributed by atoms with Gasteiger partial charge in [0.15, 0.2) is 5.78 Å². The fourth-order valence-electron chi connectivity index (χ4n) is 2.09. The molecule has 1 N–H and O–H groups in total. The van der Waals surface area contributed by atoms with E-state index in [4.69, 9.17) is 6.57 Å². The van der Waals surface area contributed by atoms with Gasteiger partial charge >= 0.3 is 0 Å². The summed E-state index contributed by atoms with van der Waals surface area (Å²) in [5.41, 5.74) is 2.50. The highest BCUT2D eigenvalue weighted by atomic mass is 16.3. The van der Waals surface area contributed by atoms with E-state index in [-0.39, 0.29) is 23.7 Å². The van der Waals surface area contributed by atoms with Crippen molar-refractivity contribution in [3.05, 3.63) is 69.9 Å². The molecule has 0 atom stereocenters. The van der Waals surface area contributed by atoms with E-state index in [1.165, 1.54) is 0 Å². The molecule has 2 rings (SSSR count). The van der Waals surface area contributed by atoms with E-state index in [2.05, 4.69) is 4.85 Å². The molecule has 0 radical (unpaired) electrons. The Morgan fingerprint density at radius 3 is 2.61 bits per heavy atom. The lowest BCUT2D eigenvalue weighted by Crippen LogP contribution is -2.13. The highest BCUT2D eigenvalue weighted by molar-refractivity contribution is 6.01. The first-order chi connectivity index (χ1) is 8.63. The number of carbonyl (C=O) groups is 1. The standard InChI is InChI=1S/C15H13NO2/c1-10-12(8-11-6-4-3-5-7-11)13(17)9-14(18)15(10)16-2/h3-7,17H,8-9H2,1H3. The van der Waals surface area contributed by atoms with Gasteiger partial charge in [-0.2, -0.15) is 0 Å². The van der Waals surface area contributed by atoms with Gasteiger partial charge in [0.05, 0.1) is 13.0 Å². The second kappa shape index (κ2) is 4.89. The van der Waals surface area contributed by atoms with E-state index >= 15 is 0 Å². The van der Waals surface area contributed by atoms with Gasteiger partial charge in [0.1, 0.15) is 5.76 Å². The van der Waals surface area contributed by atoms with Crippen LogP contribution in [0.2, 0.25) is 0 Å². The first-order valence-corrected chi connectivity index (χ1v) is 5.70. The van der Waals surface area contributed by atoms with Crippen molar-refractivity contribution >= 4 is 5.78 Å². The van der Waals surface area contributed by atoms with Crippen molar-refractivity contribution in [1.29, 1.82) is 0 Å². The molecular formula is C15H13NO2. The van der Waals surface area contributed by atoms with Crippen molar-refractivity contribution in [2.45, 2.75) is 19.8 Å². The third kappa shape index (κ3) is 2.18. The van der Waals surface area contributed by atoms with Gasteiger partial charge in [0, 0.05) is 0 Å². The number of allylic oxidation sites excluding steroid dienone is 4. The Bertz CT molecular complexity index is 589. The fourth-order valence-corrected chi connectivity index (χ4v) is 2.09. The van der Waals surface area contributed by atoms with Crippen molar-refractivity contribution in [2.24, 2.45) is 0 Å². The molecule has 0 heterocycles. The van der Waals surface area contributed by atoms with Crippen molar-refractivity contribution < 1.29 is 9.90 Å². The van der Waals surface area contributed by atoms with Gasteiger partial charge < -0.3 is 9.90 Å². The molecule has 1 aliphatic carbocycles. The van der Waals surface area contributed by atoms with Gasteiger partial charge in [-0.3, -0.25) is 0 Å². The number of rotatable bonds is 2. The maximum atomic E-state index is 11.6. The predicted molar refractivity (Wildman–Crippen MR) is 68.7 cm³/mol. The number of hydrogen-bond acceptors (Lipinski definition) is 2. The number of carbonyl (C=O) groups excluding carboxylic acids is 1. The monoisotopic (exact) mass is 239 g/mol. The van der Waals surface area contributed by atoms with E-state index in [9.17, 15) is 9.90 Å². The molecule has 1 aliphatic rings. The molecule has 0 aromatic heterocycles. The second-order valence-electron chi connectivity index (χ2n) is 4.27. The average Bonchev–Trinajstić information content (AvgIpc) is 2.36. The summed E-state index contributed by atoms with van der Waals surface area (Å²) < 4.78 is 0. The largest absolute Gasteiger partial charge is 0.512 e. The summed E-state index contributed by atoms with van der Waals surface area (Å²) in [6.45, 7) is 8.76. The van der Waals surface area contributed by atoms with Crippen LogP contribution in [-0.2, 0) is 11.2 Å². The van der Waals surface area contributed by atoms with Gasteiger partial charge in [-0.15, -0.1) is 0 Å². The quantitative estimate of drug-likeness (QED) is 0.805. The van der Waals surface area contributed by atoms with Crippen molar-refractivity contribution in [2.75, 3.05) is 0 Å². The van der Waals surface area contributed by atoms with Crippen molar-refractivity contribution in [1.82, 2.24) is 0 Å². The molecule has 0 unspecified atom stereocenters. The van der Waals surface area contributed by atoms with Gasteiger partial charge in [-0.1, -0.05) is 30.3 Å². The number of ketones is 1. The highest BCUT2D eigenvalue weighted by Gasteiger charge is 2.25. The van der Waals surface area contributed by atoms with Crippen LogP contribution in [-0.4, -0.2) is 10.9 Å². The van der Waals surface area contributed by atoms with Gasteiger partial charge in [-0.05, 0) is 30.1 Å². The lowest BCUT2D eigenvalue weighted by atomic mass is 9.89. The maximum absolute atomic E-state index is 11.6. The molecule has 0 aliphatic heterocycles. The molecule has 0 saturated carbocycles. The SMILES string of the molecule is [C-]#[N+]C1=C(C)C(Cc2ccccc2)=C(O)CC1=O. The Hall–Kier alpha value is -2.34. The molecule has 0 saturated heterocycles. The number of aliphatic hydroxyl groups is 1. The molecule has 0 amide bonds. The Morgan fingerprint density at radius 2 is 2.00 bits per heavy atom. The summed E-state index contributed by atoms with van der Waals surface area (Å²) in [6, 6.07) is 9.70. The molecule has 0 fully saturated rings. The van der Waals surface area contributed by atoms with E-state index in [0.29, 0.717) is 17.6 Å². The topological polar surface area (TPSA) is 41.7 Å². The van der Waals surface area contributed by atoms with Crippen molar-refractivity contribution in [3.8, 4) is 0 Å². The minimum atomic E-state index is -0.295. The van der Waals surface area contributed by atoms with Gasteiger partial charge in [0.2, 0.25) is 5.70 Å². The molecule has 90 valence electrons. The Labute approximate surface area is 106 Å². The Morgan fingerprint density at radius 1 is 1.33 bits per heavy atom. The zero-order valence-corrected chi connectivity index (χ0v) is 10.1. The molecule has 0 bridgehead atoms. The van der Waals surface area contributed by atoms with Gasteiger partial charge in [0.25, 0.3) is 0 Å². The summed E-state index contributed by atoms with van der Waals surface area (Å²) in [6.07, 6.45) is 0.488. The number of nitrogens with zero attached hydrogens (tertiary/aromatic N) is 1. The summed E-state index contributed by atoms with van der Waals surface area (Å²) in [5.74, 6) is -0.203. The van der Waals surface area contributed by atoms with Crippen LogP contribution in [0.25, 0.3) is 4.85 Å². The molecule has 1 aromatic carbocycles. The normalized spacial score (nSPS) is 15.9. The smallest absolute Gasteiger partial charge is 0.232 e. The minimum absolute atomic E-state index is 0.0583. The predicted octanol–water partition coefficient (Wildman–Crippen LogP) is 3.21. The van der Waals surface area contributed by atoms with Crippen molar-refractivity contribution in [3.63, 3.8) is 0 Å². The zero-order chi connectivity index (χ0) is 13.1. The van der Waals surface area contributed by atoms with Crippen LogP contribution in [0, 0.1) is 6.57 Å². The van der Waals surface area contributed by atoms with E-state index < -0.39 is 0 Å². The summed E-state index contributed by atoms with van der Waals surface area (Å²) in [7, 11) is 0. The molecule has 3 nitrogen and oxygen atoms in total. The lowest BCUT2D eigenvalue weighted by molar-refractivity contribution is -0.115. The highest BCUT2D eigenvalue weighted by Crippen LogP contribution is 2.29.